The molecule has 1 aromatic carbocycles. The van der Waals surface area contributed by atoms with Crippen LogP contribution in [0, 0.1) is 5.92 Å². The smallest absolute Gasteiger partial charge is 0.238 e. The Hall–Kier alpha value is -1.40. The monoisotopic (exact) mass is 310 g/mol. The molecule has 0 bridgehead atoms. The van der Waals surface area contributed by atoms with Crippen molar-refractivity contribution in [2.45, 2.75) is 50.0 Å². The predicted molar refractivity (Wildman–Crippen MR) is 81.1 cm³/mol. The Bertz CT molecular complexity index is 596. The summed E-state index contributed by atoms with van der Waals surface area (Å²) in [6, 6.07) is 6.71. The Morgan fingerprint density at radius 2 is 2.00 bits per heavy atom. The minimum absolute atomic E-state index is 0.0640. The molecule has 0 radical (unpaired) electrons. The molecule has 5 nitrogen and oxygen atoms in total. The SMILES string of the molecule is CCCC1CC1NC(=O)CCc1ccc(S(N)(=O)=O)cc1. The largest absolute Gasteiger partial charge is 0.353 e. The number of carbonyl (C=O) groups excluding carboxylic acids is 1. The Morgan fingerprint density at radius 1 is 1.33 bits per heavy atom. The highest BCUT2D eigenvalue weighted by molar-refractivity contribution is 7.89. The van der Waals surface area contributed by atoms with Gasteiger partial charge in [0.15, 0.2) is 0 Å². The van der Waals surface area contributed by atoms with Gasteiger partial charge >= 0.3 is 0 Å². The minimum Gasteiger partial charge on any atom is -0.353 e. The Balaban J connectivity index is 1.77. The van der Waals surface area contributed by atoms with Crippen molar-refractivity contribution in [2.24, 2.45) is 11.1 Å². The summed E-state index contributed by atoms with van der Waals surface area (Å²) in [5, 5.41) is 8.08. The molecule has 1 aliphatic rings. The van der Waals surface area contributed by atoms with Gasteiger partial charge in [0.25, 0.3) is 0 Å². The van der Waals surface area contributed by atoms with E-state index < -0.39 is 10.0 Å². The molecule has 6 heteroatoms. The number of hydrogen-bond donors (Lipinski definition) is 2. The molecule has 2 atom stereocenters. The molecule has 2 rings (SSSR count). The standard InChI is InChI=1S/C15H22N2O3S/c1-2-3-12-10-14(12)17-15(18)9-6-11-4-7-13(8-5-11)21(16,19)20/h4-5,7-8,12,14H,2-3,6,9-10H2,1H3,(H,17,18)(H2,16,19,20). The van der Waals surface area contributed by atoms with Crippen molar-refractivity contribution >= 4 is 15.9 Å². The van der Waals surface area contributed by atoms with Crippen molar-refractivity contribution in [2.75, 3.05) is 0 Å². The van der Waals surface area contributed by atoms with E-state index in [1.807, 2.05) is 0 Å². The molecular weight excluding hydrogens is 288 g/mol. The van der Waals surface area contributed by atoms with Gasteiger partial charge in [0.05, 0.1) is 4.90 Å². The summed E-state index contributed by atoms with van der Waals surface area (Å²) in [7, 11) is -3.65. The van der Waals surface area contributed by atoms with Crippen LogP contribution < -0.4 is 10.5 Å². The third-order valence-corrected chi connectivity index (χ3v) is 4.75. The van der Waals surface area contributed by atoms with Crippen LogP contribution in [0.3, 0.4) is 0 Å². The van der Waals surface area contributed by atoms with Gasteiger partial charge in [-0.2, -0.15) is 0 Å². The topological polar surface area (TPSA) is 89.3 Å². The molecular formula is C15H22N2O3S. The van der Waals surface area contributed by atoms with E-state index in [-0.39, 0.29) is 10.8 Å². The molecule has 21 heavy (non-hydrogen) atoms. The molecule has 0 saturated heterocycles. The van der Waals surface area contributed by atoms with E-state index in [0.717, 1.165) is 18.4 Å². The van der Waals surface area contributed by atoms with Gasteiger partial charge in [-0.05, 0) is 42.9 Å². The van der Waals surface area contributed by atoms with Crippen LogP contribution in [0.1, 0.15) is 38.2 Å². The summed E-state index contributed by atoms with van der Waals surface area (Å²) in [5.41, 5.74) is 0.929. The maximum absolute atomic E-state index is 11.8. The third kappa shape index (κ3) is 4.82. The average Bonchev–Trinajstić information content (AvgIpc) is 3.14. The third-order valence-electron chi connectivity index (χ3n) is 3.82. The van der Waals surface area contributed by atoms with Gasteiger partial charge in [0.1, 0.15) is 0 Å². The lowest BCUT2D eigenvalue weighted by Gasteiger charge is -2.05. The summed E-state index contributed by atoms with van der Waals surface area (Å²) in [6.45, 7) is 2.16. The van der Waals surface area contributed by atoms with Crippen molar-refractivity contribution in [3.8, 4) is 0 Å². The van der Waals surface area contributed by atoms with Crippen molar-refractivity contribution in [3.63, 3.8) is 0 Å². The quantitative estimate of drug-likeness (QED) is 0.801. The highest BCUT2D eigenvalue weighted by Gasteiger charge is 2.36. The van der Waals surface area contributed by atoms with E-state index in [9.17, 15) is 13.2 Å². The first kappa shape index (κ1) is 16.0. The Kier molecular flexibility index (Phi) is 5.00. The maximum Gasteiger partial charge on any atom is 0.238 e. The Labute approximate surface area is 126 Å². The molecule has 0 heterocycles. The van der Waals surface area contributed by atoms with E-state index in [2.05, 4.69) is 12.2 Å². The van der Waals surface area contributed by atoms with Crippen molar-refractivity contribution < 1.29 is 13.2 Å². The van der Waals surface area contributed by atoms with Gasteiger partial charge in [-0.1, -0.05) is 25.5 Å². The van der Waals surface area contributed by atoms with E-state index in [1.54, 1.807) is 12.1 Å². The molecule has 1 aliphatic carbocycles. The van der Waals surface area contributed by atoms with Crippen LogP contribution in [0.15, 0.2) is 29.2 Å². The molecule has 1 aromatic rings. The van der Waals surface area contributed by atoms with Crippen LogP contribution in [0.25, 0.3) is 0 Å². The van der Waals surface area contributed by atoms with Crippen molar-refractivity contribution in [3.05, 3.63) is 29.8 Å². The van der Waals surface area contributed by atoms with Gasteiger partial charge in [0, 0.05) is 12.5 Å². The fourth-order valence-electron chi connectivity index (χ4n) is 2.50. The van der Waals surface area contributed by atoms with Crippen molar-refractivity contribution in [1.29, 1.82) is 0 Å². The molecule has 1 amide bonds. The summed E-state index contributed by atoms with van der Waals surface area (Å²) in [6.07, 6.45) is 4.46. The number of benzene rings is 1. The first-order valence-corrected chi connectivity index (χ1v) is 8.86. The fraction of sp³-hybridized carbons (Fsp3) is 0.533. The summed E-state index contributed by atoms with van der Waals surface area (Å²) >= 11 is 0. The average molecular weight is 310 g/mol. The number of aryl methyl sites for hydroxylation is 1. The number of rotatable bonds is 7. The van der Waals surface area contributed by atoms with Gasteiger partial charge in [-0.25, -0.2) is 13.6 Å². The van der Waals surface area contributed by atoms with E-state index in [1.165, 1.54) is 18.6 Å². The van der Waals surface area contributed by atoms with Crippen LogP contribution in [-0.4, -0.2) is 20.4 Å². The van der Waals surface area contributed by atoms with Crippen molar-refractivity contribution in [1.82, 2.24) is 5.32 Å². The normalized spacial score (nSPS) is 21.0. The first-order chi connectivity index (χ1) is 9.90. The minimum atomic E-state index is -3.65. The fourth-order valence-corrected chi connectivity index (χ4v) is 3.01. The zero-order chi connectivity index (χ0) is 15.5. The summed E-state index contributed by atoms with van der Waals surface area (Å²) in [4.78, 5) is 11.9. The van der Waals surface area contributed by atoms with Crippen LogP contribution in [0.5, 0.6) is 0 Å². The maximum atomic E-state index is 11.8. The summed E-state index contributed by atoms with van der Waals surface area (Å²) in [5.74, 6) is 0.724. The van der Waals surface area contributed by atoms with Gasteiger partial charge in [-0.15, -0.1) is 0 Å². The molecule has 3 N–H and O–H groups in total. The van der Waals surface area contributed by atoms with E-state index >= 15 is 0 Å². The second kappa shape index (κ2) is 6.58. The zero-order valence-corrected chi connectivity index (χ0v) is 13.0. The second-order valence-electron chi connectivity index (χ2n) is 5.65. The molecule has 0 aromatic heterocycles. The first-order valence-electron chi connectivity index (χ1n) is 7.31. The molecule has 2 unspecified atom stereocenters. The lowest BCUT2D eigenvalue weighted by atomic mass is 10.1. The number of sulfonamides is 1. The van der Waals surface area contributed by atoms with Crippen LogP contribution >= 0.6 is 0 Å². The number of nitrogens with one attached hydrogen (secondary N) is 1. The summed E-state index contributed by atoms with van der Waals surface area (Å²) < 4.78 is 22.3. The number of amides is 1. The van der Waals surface area contributed by atoms with E-state index in [4.69, 9.17) is 5.14 Å². The van der Waals surface area contributed by atoms with Crippen LogP contribution in [-0.2, 0) is 21.2 Å². The van der Waals surface area contributed by atoms with E-state index in [0.29, 0.717) is 24.8 Å². The second-order valence-corrected chi connectivity index (χ2v) is 7.21. The molecule has 1 saturated carbocycles. The number of hydrogen-bond acceptors (Lipinski definition) is 3. The zero-order valence-electron chi connectivity index (χ0n) is 12.2. The lowest BCUT2D eigenvalue weighted by Crippen LogP contribution is -2.27. The highest BCUT2D eigenvalue weighted by Crippen LogP contribution is 2.34. The number of carbonyl (C=O) groups is 1. The van der Waals surface area contributed by atoms with Gasteiger partial charge in [0.2, 0.25) is 15.9 Å². The number of primary sulfonamides is 1. The van der Waals surface area contributed by atoms with Crippen LogP contribution in [0.4, 0.5) is 0 Å². The lowest BCUT2D eigenvalue weighted by molar-refractivity contribution is -0.121. The van der Waals surface area contributed by atoms with Gasteiger partial charge < -0.3 is 5.32 Å². The molecule has 0 aliphatic heterocycles. The van der Waals surface area contributed by atoms with Gasteiger partial charge in [-0.3, -0.25) is 4.79 Å². The predicted octanol–water partition coefficient (Wildman–Crippen LogP) is 1.57. The molecule has 116 valence electrons. The van der Waals surface area contributed by atoms with Crippen LogP contribution in [0.2, 0.25) is 0 Å². The molecule has 1 fully saturated rings. The highest BCUT2D eigenvalue weighted by atomic mass is 32.2. The Morgan fingerprint density at radius 3 is 2.57 bits per heavy atom. The molecule has 0 spiro atoms. The number of nitrogens with two attached hydrogens (primary N) is 1.